The van der Waals surface area contributed by atoms with Gasteiger partial charge in [0.2, 0.25) is 4.77 Å². The highest BCUT2D eigenvalue weighted by Crippen LogP contribution is 2.13. The summed E-state index contributed by atoms with van der Waals surface area (Å²) in [5.74, 6) is 0.933. The van der Waals surface area contributed by atoms with E-state index in [1.54, 1.807) is 29.1 Å². The standard InChI is InChI=1S/C17H16N4OS/c22-15-9-5-4-8-14(15)12-18-21-16(19-20-17(21)23)11-10-13-6-2-1-3-7-13/h1-9,12,22H,10-11H2,(H,20,23)/b18-12-. The Morgan fingerprint density at radius 1 is 1.09 bits per heavy atom. The van der Waals surface area contributed by atoms with Gasteiger partial charge in [-0.2, -0.15) is 14.9 Å². The number of aryl methyl sites for hydroxylation is 2. The Morgan fingerprint density at radius 3 is 2.61 bits per heavy atom. The van der Waals surface area contributed by atoms with Crippen LogP contribution < -0.4 is 0 Å². The molecule has 0 radical (unpaired) electrons. The Hall–Kier alpha value is -2.73. The van der Waals surface area contributed by atoms with E-state index in [0.717, 1.165) is 18.7 Å². The molecule has 0 unspecified atom stereocenters. The van der Waals surface area contributed by atoms with Crippen molar-refractivity contribution in [1.29, 1.82) is 0 Å². The molecular formula is C17H16N4OS. The predicted molar refractivity (Wildman–Crippen MR) is 92.4 cm³/mol. The summed E-state index contributed by atoms with van der Waals surface area (Å²) in [5.41, 5.74) is 1.86. The van der Waals surface area contributed by atoms with Crippen molar-refractivity contribution in [3.8, 4) is 5.75 Å². The maximum Gasteiger partial charge on any atom is 0.216 e. The maximum absolute atomic E-state index is 9.78. The average Bonchev–Trinajstić information content (AvgIpc) is 2.93. The number of aromatic hydroxyl groups is 1. The van der Waals surface area contributed by atoms with Crippen molar-refractivity contribution in [2.45, 2.75) is 12.8 Å². The van der Waals surface area contributed by atoms with Crippen molar-refractivity contribution in [2.24, 2.45) is 5.10 Å². The fourth-order valence-electron chi connectivity index (χ4n) is 2.22. The lowest BCUT2D eigenvalue weighted by Crippen LogP contribution is -2.01. The number of phenolic OH excluding ortho intramolecular Hbond substituents is 1. The van der Waals surface area contributed by atoms with Gasteiger partial charge in [0.1, 0.15) is 5.75 Å². The van der Waals surface area contributed by atoms with Crippen molar-refractivity contribution < 1.29 is 5.11 Å². The van der Waals surface area contributed by atoms with Gasteiger partial charge < -0.3 is 5.11 Å². The first kappa shape index (κ1) is 15.2. The minimum atomic E-state index is 0.178. The molecule has 6 heteroatoms. The van der Waals surface area contributed by atoms with E-state index in [-0.39, 0.29) is 5.75 Å². The highest BCUT2D eigenvalue weighted by molar-refractivity contribution is 7.71. The van der Waals surface area contributed by atoms with E-state index in [0.29, 0.717) is 10.3 Å². The first-order valence-corrected chi connectivity index (χ1v) is 7.67. The van der Waals surface area contributed by atoms with E-state index >= 15 is 0 Å². The summed E-state index contributed by atoms with van der Waals surface area (Å²) in [5, 5.41) is 21.1. The zero-order chi connectivity index (χ0) is 16.1. The quantitative estimate of drug-likeness (QED) is 0.559. The van der Waals surface area contributed by atoms with Gasteiger partial charge in [0.15, 0.2) is 5.82 Å². The van der Waals surface area contributed by atoms with Crippen LogP contribution in [0.2, 0.25) is 0 Å². The molecule has 1 heterocycles. The summed E-state index contributed by atoms with van der Waals surface area (Å²) in [7, 11) is 0. The van der Waals surface area contributed by atoms with Crippen LogP contribution in [0.3, 0.4) is 0 Å². The molecule has 0 amide bonds. The number of H-pyrrole nitrogens is 1. The number of rotatable bonds is 5. The van der Waals surface area contributed by atoms with E-state index in [2.05, 4.69) is 27.4 Å². The average molecular weight is 324 g/mol. The molecule has 0 atom stereocenters. The van der Waals surface area contributed by atoms with Crippen LogP contribution in [0.15, 0.2) is 59.7 Å². The molecule has 1 aromatic heterocycles. The maximum atomic E-state index is 9.78. The normalized spacial score (nSPS) is 11.1. The van der Waals surface area contributed by atoms with E-state index < -0.39 is 0 Å². The number of nitrogens with one attached hydrogen (secondary N) is 1. The van der Waals surface area contributed by atoms with E-state index in [1.165, 1.54) is 5.56 Å². The van der Waals surface area contributed by atoms with Gasteiger partial charge in [-0.15, -0.1) is 0 Å². The molecule has 0 bridgehead atoms. The molecule has 0 fully saturated rings. The number of nitrogens with zero attached hydrogens (tertiary/aromatic N) is 3. The van der Waals surface area contributed by atoms with Crippen LogP contribution in [0, 0.1) is 4.77 Å². The summed E-state index contributed by atoms with van der Waals surface area (Å²) >= 11 is 5.22. The fraction of sp³-hybridized carbons (Fsp3) is 0.118. The first-order valence-electron chi connectivity index (χ1n) is 7.26. The van der Waals surface area contributed by atoms with Crippen LogP contribution in [0.5, 0.6) is 5.75 Å². The third-order valence-corrected chi connectivity index (χ3v) is 3.71. The Morgan fingerprint density at radius 2 is 1.83 bits per heavy atom. The number of phenols is 1. The molecule has 0 saturated heterocycles. The molecule has 0 aliphatic heterocycles. The van der Waals surface area contributed by atoms with Crippen LogP contribution in [0.1, 0.15) is 17.0 Å². The van der Waals surface area contributed by atoms with E-state index in [1.807, 2.05) is 24.3 Å². The van der Waals surface area contributed by atoms with Gasteiger partial charge in [-0.1, -0.05) is 42.5 Å². The monoisotopic (exact) mass is 324 g/mol. The zero-order valence-corrected chi connectivity index (χ0v) is 13.2. The number of aromatic nitrogens is 3. The Labute approximate surface area is 138 Å². The van der Waals surface area contributed by atoms with Gasteiger partial charge in [-0.05, 0) is 36.3 Å². The molecule has 2 aromatic carbocycles. The number of para-hydroxylation sites is 1. The van der Waals surface area contributed by atoms with E-state index in [9.17, 15) is 5.11 Å². The van der Waals surface area contributed by atoms with Crippen LogP contribution in [0.25, 0.3) is 0 Å². The lowest BCUT2D eigenvalue weighted by atomic mass is 10.1. The molecule has 3 rings (SSSR count). The van der Waals surface area contributed by atoms with Gasteiger partial charge in [0, 0.05) is 12.0 Å². The SMILES string of the molecule is Oc1ccccc1/C=N\n1c(CCc2ccccc2)n[nH]c1=S. The molecule has 0 aliphatic rings. The second kappa shape index (κ2) is 7.02. The van der Waals surface area contributed by atoms with E-state index in [4.69, 9.17) is 12.2 Å². The molecule has 116 valence electrons. The van der Waals surface area contributed by atoms with Gasteiger partial charge in [0.05, 0.1) is 6.21 Å². The van der Waals surface area contributed by atoms with Crippen molar-refractivity contribution in [2.75, 3.05) is 0 Å². The lowest BCUT2D eigenvalue weighted by Gasteiger charge is -2.02. The molecule has 23 heavy (non-hydrogen) atoms. The highest BCUT2D eigenvalue weighted by atomic mass is 32.1. The van der Waals surface area contributed by atoms with Gasteiger partial charge in [-0.25, -0.2) is 0 Å². The fourth-order valence-corrected chi connectivity index (χ4v) is 2.42. The highest BCUT2D eigenvalue weighted by Gasteiger charge is 2.05. The Bertz CT molecular complexity index is 868. The summed E-state index contributed by atoms with van der Waals surface area (Å²) in [4.78, 5) is 0. The molecule has 3 aromatic rings. The molecule has 2 N–H and O–H groups in total. The van der Waals surface area contributed by atoms with Crippen molar-refractivity contribution in [3.63, 3.8) is 0 Å². The summed E-state index contributed by atoms with van der Waals surface area (Å²) in [6, 6.07) is 17.2. The second-order valence-corrected chi connectivity index (χ2v) is 5.43. The second-order valence-electron chi connectivity index (χ2n) is 5.05. The zero-order valence-electron chi connectivity index (χ0n) is 12.4. The van der Waals surface area contributed by atoms with Gasteiger partial charge >= 0.3 is 0 Å². The van der Waals surface area contributed by atoms with Crippen LogP contribution in [0.4, 0.5) is 0 Å². The van der Waals surface area contributed by atoms with Crippen LogP contribution >= 0.6 is 12.2 Å². The summed E-state index contributed by atoms with van der Waals surface area (Å²) in [6.07, 6.45) is 3.15. The van der Waals surface area contributed by atoms with Crippen molar-refractivity contribution in [3.05, 3.63) is 76.3 Å². The van der Waals surface area contributed by atoms with Gasteiger partial charge in [-0.3, -0.25) is 5.10 Å². The smallest absolute Gasteiger partial charge is 0.216 e. The number of benzene rings is 2. The molecule has 0 spiro atoms. The molecular weight excluding hydrogens is 308 g/mol. The number of hydrogen-bond acceptors (Lipinski definition) is 4. The van der Waals surface area contributed by atoms with Crippen molar-refractivity contribution in [1.82, 2.24) is 14.9 Å². The third-order valence-electron chi connectivity index (χ3n) is 3.45. The lowest BCUT2D eigenvalue weighted by molar-refractivity contribution is 0.474. The molecule has 0 aliphatic carbocycles. The number of hydrogen-bond donors (Lipinski definition) is 2. The van der Waals surface area contributed by atoms with Crippen LogP contribution in [-0.4, -0.2) is 26.2 Å². The minimum Gasteiger partial charge on any atom is -0.507 e. The number of aromatic amines is 1. The van der Waals surface area contributed by atoms with Crippen molar-refractivity contribution >= 4 is 18.4 Å². The summed E-state index contributed by atoms with van der Waals surface area (Å²) in [6.45, 7) is 0. The predicted octanol–water partition coefficient (Wildman–Crippen LogP) is 3.31. The Balaban J connectivity index is 1.79. The topological polar surface area (TPSA) is 66.2 Å². The summed E-state index contributed by atoms with van der Waals surface area (Å²) < 4.78 is 2.02. The van der Waals surface area contributed by atoms with Crippen LogP contribution in [-0.2, 0) is 12.8 Å². The molecule has 5 nitrogen and oxygen atoms in total. The third kappa shape index (κ3) is 3.73. The Kier molecular flexibility index (Phi) is 4.63. The largest absolute Gasteiger partial charge is 0.507 e. The minimum absolute atomic E-state index is 0.178. The first-order chi connectivity index (χ1) is 11.2. The van der Waals surface area contributed by atoms with Gasteiger partial charge in [0.25, 0.3) is 0 Å². The molecule has 0 saturated carbocycles.